The molecule has 3 N–H and O–H groups in total. The van der Waals surface area contributed by atoms with Crippen LogP contribution in [0.3, 0.4) is 0 Å². The lowest BCUT2D eigenvalue weighted by molar-refractivity contribution is -0.0719. The first-order valence-electron chi connectivity index (χ1n) is 10.6. The summed E-state index contributed by atoms with van der Waals surface area (Å²) in [5, 5.41) is 32.8. The molecule has 0 spiro atoms. The maximum absolute atomic E-state index is 11.0. The van der Waals surface area contributed by atoms with Gasteiger partial charge in [-0.05, 0) is 21.0 Å². The van der Waals surface area contributed by atoms with E-state index >= 15 is 0 Å². The van der Waals surface area contributed by atoms with Gasteiger partial charge in [-0.2, -0.15) is 0 Å². The number of hydrogen-bond acceptors (Lipinski definition) is 4. The van der Waals surface area contributed by atoms with Crippen molar-refractivity contribution in [3.63, 3.8) is 0 Å². The van der Waals surface area contributed by atoms with E-state index in [1.807, 2.05) is 66.7 Å². The Balaban J connectivity index is 2.25. The molecule has 0 bridgehead atoms. The molecule has 31 heavy (non-hydrogen) atoms. The highest BCUT2D eigenvalue weighted by atomic mass is 28.4. The Morgan fingerprint density at radius 2 is 1.16 bits per heavy atom. The van der Waals surface area contributed by atoms with Crippen LogP contribution in [0.15, 0.2) is 91.0 Å². The number of aliphatic hydroxyl groups excluding tert-OH is 3. The molecule has 3 rings (SSSR count). The van der Waals surface area contributed by atoms with Gasteiger partial charge in [0.15, 0.2) is 0 Å². The number of hydrogen-bond donors (Lipinski definition) is 3. The van der Waals surface area contributed by atoms with Crippen molar-refractivity contribution in [2.75, 3.05) is 6.61 Å². The van der Waals surface area contributed by atoms with E-state index < -0.39 is 33.2 Å². The van der Waals surface area contributed by atoms with Crippen LogP contribution in [-0.2, 0) is 4.43 Å². The van der Waals surface area contributed by atoms with Crippen molar-refractivity contribution in [2.24, 2.45) is 0 Å². The quantitative estimate of drug-likeness (QED) is 0.475. The van der Waals surface area contributed by atoms with Crippen molar-refractivity contribution in [1.29, 1.82) is 0 Å². The molecule has 0 unspecified atom stereocenters. The average molecular weight is 437 g/mol. The van der Waals surface area contributed by atoms with E-state index in [0.29, 0.717) is 0 Å². The Labute approximate surface area is 185 Å². The Morgan fingerprint density at radius 3 is 1.55 bits per heavy atom. The highest BCUT2D eigenvalue weighted by Crippen LogP contribution is 2.41. The van der Waals surface area contributed by atoms with Gasteiger partial charge in [-0.15, -0.1) is 0 Å². The topological polar surface area (TPSA) is 69.9 Å². The van der Waals surface area contributed by atoms with Gasteiger partial charge in [0.25, 0.3) is 8.32 Å². The summed E-state index contributed by atoms with van der Waals surface area (Å²) in [6.45, 7) is 5.94. The minimum absolute atomic E-state index is 0.285. The Bertz CT molecular complexity index is 886. The average Bonchev–Trinajstić information content (AvgIpc) is 2.80. The first kappa shape index (κ1) is 23.4. The molecule has 164 valence electrons. The fraction of sp³-hybridized carbons (Fsp3) is 0.308. The summed E-state index contributed by atoms with van der Waals surface area (Å²) in [7, 11) is -2.97. The van der Waals surface area contributed by atoms with Crippen molar-refractivity contribution in [1.82, 2.24) is 0 Å². The monoisotopic (exact) mass is 436 g/mol. The molecule has 3 aromatic carbocycles. The van der Waals surface area contributed by atoms with Crippen molar-refractivity contribution in [2.45, 2.75) is 44.1 Å². The van der Waals surface area contributed by atoms with Crippen LogP contribution in [0.5, 0.6) is 0 Å². The van der Waals surface area contributed by atoms with E-state index in [4.69, 9.17) is 4.43 Å². The number of aliphatic hydroxyl groups is 3. The Hall–Kier alpha value is -2.28. The van der Waals surface area contributed by atoms with Gasteiger partial charge in [0.1, 0.15) is 12.2 Å². The second-order valence-corrected chi connectivity index (χ2v) is 13.1. The highest BCUT2D eigenvalue weighted by molar-refractivity contribution is 6.99. The van der Waals surface area contributed by atoms with Crippen molar-refractivity contribution >= 4 is 18.7 Å². The standard InChI is InChI=1S/C26H32O4Si/c1-26(2,3)31(21-15-9-5-10-16-21,22-17-11-6-12-18-22)30-25(24(29)23(28)19-27)20-13-7-4-8-14-20/h4-18,23-25,27-29H,19H2,1-3H3/t23-,24-,25-/m1/s1. The van der Waals surface area contributed by atoms with Crippen LogP contribution in [0.2, 0.25) is 5.04 Å². The minimum atomic E-state index is -2.97. The van der Waals surface area contributed by atoms with Crippen LogP contribution in [-0.4, -0.2) is 42.5 Å². The van der Waals surface area contributed by atoms with Gasteiger partial charge in [-0.25, -0.2) is 0 Å². The third-order valence-electron chi connectivity index (χ3n) is 5.74. The molecule has 0 saturated heterocycles. The van der Waals surface area contributed by atoms with Crippen LogP contribution in [0.25, 0.3) is 0 Å². The molecule has 0 saturated carbocycles. The summed E-state index contributed by atoms with van der Waals surface area (Å²) < 4.78 is 7.06. The molecule has 0 aromatic heterocycles. The summed E-state index contributed by atoms with van der Waals surface area (Å²) in [5.74, 6) is 0. The third-order valence-corrected chi connectivity index (χ3v) is 10.8. The van der Waals surface area contributed by atoms with E-state index in [-0.39, 0.29) is 5.04 Å². The van der Waals surface area contributed by atoms with E-state index in [1.165, 1.54) is 0 Å². The zero-order chi connectivity index (χ0) is 22.5. The SMILES string of the molecule is CC(C)(C)[Si](O[C@H](c1ccccc1)[C@H](O)[C@H](O)CO)(c1ccccc1)c1ccccc1. The lowest BCUT2D eigenvalue weighted by Gasteiger charge is -2.46. The molecule has 0 radical (unpaired) electrons. The molecule has 0 fully saturated rings. The summed E-state index contributed by atoms with van der Waals surface area (Å²) in [4.78, 5) is 0. The van der Waals surface area contributed by atoms with Gasteiger partial charge in [0.05, 0.1) is 12.7 Å². The van der Waals surface area contributed by atoms with E-state index in [9.17, 15) is 15.3 Å². The molecule has 5 heteroatoms. The van der Waals surface area contributed by atoms with Gasteiger partial charge in [-0.3, -0.25) is 0 Å². The molecule has 0 amide bonds. The lowest BCUT2D eigenvalue weighted by atomic mass is 10.0. The lowest BCUT2D eigenvalue weighted by Crippen LogP contribution is -2.67. The number of rotatable bonds is 8. The summed E-state index contributed by atoms with van der Waals surface area (Å²) >= 11 is 0. The second-order valence-electron chi connectivity index (χ2n) is 8.85. The normalized spacial score (nSPS) is 15.3. The zero-order valence-corrected chi connectivity index (χ0v) is 19.3. The molecular weight excluding hydrogens is 404 g/mol. The molecule has 3 aromatic rings. The molecule has 0 aliphatic rings. The first-order valence-corrected chi connectivity index (χ1v) is 12.5. The zero-order valence-electron chi connectivity index (χ0n) is 18.3. The van der Waals surface area contributed by atoms with Crippen molar-refractivity contribution in [3.05, 3.63) is 96.6 Å². The fourth-order valence-electron chi connectivity index (χ4n) is 4.17. The predicted molar refractivity (Wildman–Crippen MR) is 127 cm³/mol. The molecule has 4 nitrogen and oxygen atoms in total. The largest absolute Gasteiger partial charge is 0.398 e. The maximum atomic E-state index is 11.0. The second kappa shape index (κ2) is 9.89. The summed E-state index contributed by atoms with van der Waals surface area (Å²) in [6.07, 6.45) is -3.41. The molecular formula is C26H32O4Si. The van der Waals surface area contributed by atoms with Gasteiger partial charge in [0, 0.05) is 0 Å². The molecule has 3 atom stereocenters. The maximum Gasteiger partial charge on any atom is 0.262 e. The Morgan fingerprint density at radius 1 is 0.742 bits per heavy atom. The van der Waals surface area contributed by atoms with Gasteiger partial charge in [-0.1, -0.05) is 112 Å². The smallest absolute Gasteiger partial charge is 0.262 e. The fourth-order valence-corrected chi connectivity index (χ4v) is 8.84. The van der Waals surface area contributed by atoms with Crippen molar-refractivity contribution in [3.8, 4) is 0 Å². The van der Waals surface area contributed by atoms with Crippen LogP contribution >= 0.6 is 0 Å². The third kappa shape index (κ3) is 4.81. The van der Waals surface area contributed by atoms with E-state index in [2.05, 4.69) is 45.0 Å². The van der Waals surface area contributed by atoms with Crippen LogP contribution in [0.4, 0.5) is 0 Å². The molecule has 0 aliphatic heterocycles. The first-order chi connectivity index (χ1) is 14.8. The van der Waals surface area contributed by atoms with Gasteiger partial charge < -0.3 is 19.7 Å². The van der Waals surface area contributed by atoms with Gasteiger partial charge in [0.2, 0.25) is 0 Å². The predicted octanol–water partition coefficient (Wildman–Crippen LogP) is 3.02. The van der Waals surface area contributed by atoms with Gasteiger partial charge >= 0.3 is 0 Å². The Kier molecular flexibility index (Phi) is 7.46. The molecule has 0 aliphatic carbocycles. The minimum Gasteiger partial charge on any atom is -0.398 e. The van der Waals surface area contributed by atoms with Crippen molar-refractivity contribution < 1.29 is 19.7 Å². The van der Waals surface area contributed by atoms with E-state index in [1.54, 1.807) is 0 Å². The summed E-state index contributed by atoms with van der Waals surface area (Å²) in [5.41, 5.74) is 0.760. The highest BCUT2D eigenvalue weighted by Gasteiger charge is 2.52. The number of benzene rings is 3. The van der Waals surface area contributed by atoms with Crippen LogP contribution in [0.1, 0.15) is 32.4 Å². The van der Waals surface area contributed by atoms with Crippen LogP contribution in [0, 0.1) is 0 Å². The van der Waals surface area contributed by atoms with E-state index in [0.717, 1.165) is 15.9 Å². The molecule has 0 heterocycles. The summed E-state index contributed by atoms with van der Waals surface area (Å²) in [6, 6.07) is 29.8. The van der Waals surface area contributed by atoms with Crippen LogP contribution < -0.4 is 10.4 Å².